The minimum Gasteiger partial charge on any atom is -0.494 e. The molecule has 1 atom stereocenters. The van der Waals surface area contributed by atoms with E-state index >= 15 is 0 Å². The van der Waals surface area contributed by atoms with Gasteiger partial charge in [0.2, 0.25) is 0 Å². The van der Waals surface area contributed by atoms with Gasteiger partial charge in [0, 0.05) is 12.1 Å². The summed E-state index contributed by atoms with van der Waals surface area (Å²) in [5.41, 5.74) is 5.66. The zero-order valence-electron chi connectivity index (χ0n) is 10.1. The van der Waals surface area contributed by atoms with Crippen LogP contribution in [0.1, 0.15) is 26.7 Å². The van der Waals surface area contributed by atoms with Crippen LogP contribution in [0.2, 0.25) is 0 Å². The average Bonchev–Trinajstić information content (AvgIpc) is 2.25. The maximum Gasteiger partial charge on any atom is 0.122 e. The molecule has 0 aliphatic carbocycles. The molecule has 3 nitrogen and oxygen atoms in total. The summed E-state index contributed by atoms with van der Waals surface area (Å²) in [7, 11) is 0. The summed E-state index contributed by atoms with van der Waals surface area (Å²) in [5.74, 6) is 1.71. The minimum atomic E-state index is 0.248. The average molecular weight is 223 g/mol. The van der Waals surface area contributed by atoms with Crippen LogP contribution in [0, 0.1) is 0 Å². The third-order valence-corrected chi connectivity index (χ3v) is 2.19. The van der Waals surface area contributed by atoms with Crippen molar-refractivity contribution in [2.45, 2.75) is 32.7 Å². The second-order valence-electron chi connectivity index (χ2n) is 3.88. The van der Waals surface area contributed by atoms with Gasteiger partial charge >= 0.3 is 0 Å². The van der Waals surface area contributed by atoms with Gasteiger partial charge in [-0.15, -0.1) is 0 Å². The van der Waals surface area contributed by atoms with Crippen molar-refractivity contribution < 1.29 is 9.47 Å². The van der Waals surface area contributed by atoms with Crippen LogP contribution in [0.15, 0.2) is 24.3 Å². The monoisotopic (exact) mass is 223 g/mol. The van der Waals surface area contributed by atoms with Gasteiger partial charge < -0.3 is 15.2 Å². The predicted molar refractivity (Wildman–Crippen MR) is 66.0 cm³/mol. The Morgan fingerprint density at radius 3 is 2.56 bits per heavy atom. The van der Waals surface area contributed by atoms with Gasteiger partial charge in [-0.3, -0.25) is 0 Å². The summed E-state index contributed by atoms with van der Waals surface area (Å²) >= 11 is 0. The second kappa shape index (κ2) is 7.12. The van der Waals surface area contributed by atoms with Crippen LogP contribution in [0.5, 0.6) is 11.5 Å². The lowest BCUT2D eigenvalue weighted by molar-refractivity contribution is 0.297. The molecule has 2 N–H and O–H groups in total. The molecular formula is C13H21NO2. The lowest BCUT2D eigenvalue weighted by atomic mass is 10.2. The zero-order chi connectivity index (χ0) is 11.8. The highest BCUT2D eigenvalue weighted by Crippen LogP contribution is 2.19. The largest absolute Gasteiger partial charge is 0.494 e. The van der Waals surface area contributed by atoms with Crippen molar-refractivity contribution in [1.82, 2.24) is 0 Å². The van der Waals surface area contributed by atoms with E-state index in [0.717, 1.165) is 24.3 Å². The van der Waals surface area contributed by atoms with Crippen LogP contribution < -0.4 is 15.2 Å². The Bertz CT molecular complexity index is 300. The first-order valence-corrected chi connectivity index (χ1v) is 5.83. The molecule has 0 spiro atoms. The second-order valence-corrected chi connectivity index (χ2v) is 3.88. The molecule has 1 aromatic rings. The van der Waals surface area contributed by atoms with E-state index in [-0.39, 0.29) is 6.04 Å². The van der Waals surface area contributed by atoms with Crippen molar-refractivity contribution in [3.63, 3.8) is 0 Å². The standard InChI is InChI=1S/C13H21NO2/c1-3-15-12-7-4-8-13(10-12)16-9-5-6-11(2)14/h4,7-8,10-11H,3,5-6,9,14H2,1-2H3. The molecule has 0 aromatic heterocycles. The maximum atomic E-state index is 5.66. The molecule has 0 aliphatic rings. The number of nitrogens with two attached hydrogens (primary N) is 1. The molecule has 0 aliphatic heterocycles. The van der Waals surface area contributed by atoms with Crippen LogP contribution in [-0.2, 0) is 0 Å². The topological polar surface area (TPSA) is 44.5 Å². The molecule has 1 aromatic carbocycles. The van der Waals surface area contributed by atoms with Crippen molar-refractivity contribution in [2.24, 2.45) is 5.73 Å². The van der Waals surface area contributed by atoms with Gasteiger partial charge in [-0.1, -0.05) is 6.07 Å². The van der Waals surface area contributed by atoms with Gasteiger partial charge in [-0.25, -0.2) is 0 Å². The van der Waals surface area contributed by atoms with Crippen molar-refractivity contribution in [1.29, 1.82) is 0 Å². The molecule has 1 rings (SSSR count). The van der Waals surface area contributed by atoms with Crippen molar-refractivity contribution in [3.8, 4) is 11.5 Å². The Balaban J connectivity index is 2.33. The molecule has 90 valence electrons. The maximum absolute atomic E-state index is 5.66. The Morgan fingerprint density at radius 2 is 1.94 bits per heavy atom. The fraction of sp³-hybridized carbons (Fsp3) is 0.538. The van der Waals surface area contributed by atoms with Gasteiger partial charge in [0.05, 0.1) is 13.2 Å². The number of benzene rings is 1. The van der Waals surface area contributed by atoms with E-state index in [9.17, 15) is 0 Å². The molecule has 0 fully saturated rings. The quantitative estimate of drug-likeness (QED) is 0.723. The number of hydrogen-bond donors (Lipinski definition) is 1. The molecule has 0 radical (unpaired) electrons. The molecule has 0 saturated carbocycles. The molecule has 16 heavy (non-hydrogen) atoms. The normalized spacial score (nSPS) is 12.2. The summed E-state index contributed by atoms with van der Waals surface area (Å²) in [4.78, 5) is 0. The van der Waals surface area contributed by atoms with Crippen molar-refractivity contribution >= 4 is 0 Å². The lowest BCUT2D eigenvalue weighted by Crippen LogP contribution is -2.15. The summed E-state index contributed by atoms with van der Waals surface area (Å²) < 4.78 is 11.0. The van der Waals surface area contributed by atoms with Gasteiger partial charge in [-0.2, -0.15) is 0 Å². The molecule has 0 amide bonds. The van der Waals surface area contributed by atoms with Crippen LogP contribution in [0.4, 0.5) is 0 Å². The molecule has 1 unspecified atom stereocenters. The highest BCUT2D eigenvalue weighted by atomic mass is 16.5. The van der Waals surface area contributed by atoms with Crippen molar-refractivity contribution in [2.75, 3.05) is 13.2 Å². The highest BCUT2D eigenvalue weighted by molar-refractivity contribution is 5.32. The Hall–Kier alpha value is -1.22. The SMILES string of the molecule is CCOc1cccc(OCCCC(C)N)c1. The fourth-order valence-electron chi connectivity index (χ4n) is 1.42. The van der Waals surface area contributed by atoms with Crippen LogP contribution in [0.3, 0.4) is 0 Å². The molecule has 3 heteroatoms. The van der Waals surface area contributed by atoms with Crippen molar-refractivity contribution in [3.05, 3.63) is 24.3 Å². The van der Waals surface area contributed by atoms with E-state index in [0.29, 0.717) is 13.2 Å². The van der Waals surface area contributed by atoms with Gasteiger partial charge in [-0.05, 0) is 38.8 Å². The fourth-order valence-corrected chi connectivity index (χ4v) is 1.42. The third-order valence-electron chi connectivity index (χ3n) is 2.19. The van der Waals surface area contributed by atoms with Gasteiger partial charge in [0.25, 0.3) is 0 Å². The molecule has 0 heterocycles. The van der Waals surface area contributed by atoms with Gasteiger partial charge in [0.1, 0.15) is 11.5 Å². The summed E-state index contributed by atoms with van der Waals surface area (Å²) in [5, 5.41) is 0. The Kier molecular flexibility index (Phi) is 5.72. The number of ether oxygens (including phenoxy) is 2. The Labute approximate surface area is 97.6 Å². The first-order valence-electron chi connectivity index (χ1n) is 5.83. The van der Waals surface area contributed by atoms with E-state index in [1.54, 1.807) is 0 Å². The van der Waals surface area contributed by atoms with Crippen LogP contribution in [0.25, 0.3) is 0 Å². The first-order chi connectivity index (χ1) is 7.72. The van der Waals surface area contributed by atoms with Crippen LogP contribution in [-0.4, -0.2) is 19.3 Å². The highest BCUT2D eigenvalue weighted by Gasteiger charge is 1.98. The third kappa shape index (κ3) is 5.03. The smallest absolute Gasteiger partial charge is 0.122 e. The van der Waals surface area contributed by atoms with E-state index < -0.39 is 0 Å². The lowest BCUT2D eigenvalue weighted by Gasteiger charge is -2.09. The van der Waals surface area contributed by atoms with Crippen LogP contribution >= 0.6 is 0 Å². The van der Waals surface area contributed by atoms with E-state index in [2.05, 4.69) is 0 Å². The van der Waals surface area contributed by atoms with E-state index in [1.165, 1.54) is 0 Å². The molecular weight excluding hydrogens is 202 g/mol. The summed E-state index contributed by atoms with van der Waals surface area (Å²) in [6.07, 6.45) is 1.97. The molecule has 0 bridgehead atoms. The van der Waals surface area contributed by atoms with E-state index in [1.807, 2.05) is 38.1 Å². The Morgan fingerprint density at radius 1 is 1.25 bits per heavy atom. The minimum absolute atomic E-state index is 0.248. The van der Waals surface area contributed by atoms with Gasteiger partial charge in [0.15, 0.2) is 0 Å². The zero-order valence-corrected chi connectivity index (χ0v) is 10.1. The molecule has 0 saturated heterocycles. The number of hydrogen-bond acceptors (Lipinski definition) is 3. The summed E-state index contributed by atoms with van der Waals surface area (Å²) in [6, 6.07) is 7.96. The van der Waals surface area contributed by atoms with E-state index in [4.69, 9.17) is 15.2 Å². The number of rotatable bonds is 7. The first kappa shape index (κ1) is 12.8. The predicted octanol–water partition coefficient (Wildman–Crippen LogP) is 2.59. The summed E-state index contributed by atoms with van der Waals surface area (Å²) in [6.45, 7) is 5.36.